The number of aryl methyl sites for hydroxylation is 1. The van der Waals surface area contributed by atoms with Crippen LogP contribution in [0.5, 0.6) is 0 Å². The first kappa shape index (κ1) is 14.1. The molecular formula is C15H25N3O. The van der Waals surface area contributed by atoms with Gasteiger partial charge in [0.25, 0.3) is 0 Å². The number of hydrogen-bond donors (Lipinski definition) is 1. The predicted octanol–water partition coefficient (Wildman–Crippen LogP) is 1.49. The molecule has 1 aliphatic rings. The molecule has 0 atom stereocenters. The van der Waals surface area contributed by atoms with Gasteiger partial charge in [-0.05, 0) is 45.4 Å². The van der Waals surface area contributed by atoms with Crippen molar-refractivity contribution in [2.45, 2.75) is 40.2 Å². The summed E-state index contributed by atoms with van der Waals surface area (Å²) in [6.07, 6.45) is 1.60. The van der Waals surface area contributed by atoms with E-state index in [0.717, 1.165) is 39.1 Å². The van der Waals surface area contributed by atoms with Gasteiger partial charge in [-0.3, -0.25) is 4.79 Å². The molecule has 4 nitrogen and oxygen atoms in total. The second-order valence-corrected chi connectivity index (χ2v) is 5.30. The Balaban J connectivity index is 2.05. The van der Waals surface area contributed by atoms with E-state index in [0.29, 0.717) is 6.42 Å². The summed E-state index contributed by atoms with van der Waals surface area (Å²) in [7, 11) is 0. The molecule has 0 radical (unpaired) electrons. The Bertz CT molecular complexity index is 442. The lowest BCUT2D eigenvalue weighted by atomic mass is 10.1. The van der Waals surface area contributed by atoms with Crippen LogP contribution in [0.15, 0.2) is 6.07 Å². The van der Waals surface area contributed by atoms with Gasteiger partial charge in [0.2, 0.25) is 5.91 Å². The zero-order valence-electron chi connectivity index (χ0n) is 12.3. The largest absolute Gasteiger partial charge is 0.349 e. The fraction of sp³-hybridized carbons (Fsp3) is 0.667. The fourth-order valence-corrected chi connectivity index (χ4v) is 2.91. The smallest absolute Gasteiger partial charge is 0.227 e. The first-order chi connectivity index (χ1) is 9.13. The Labute approximate surface area is 115 Å². The molecule has 1 aromatic rings. The summed E-state index contributed by atoms with van der Waals surface area (Å²) in [5, 5.41) is 3.33. The monoisotopic (exact) mass is 263 g/mol. The highest BCUT2D eigenvalue weighted by Gasteiger charge is 2.18. The number of carbonyl (C=O) groups is 1. The van der Waals surface area contributed by atoms with E-state index in [9.17, 15) is 4.79 Å². The van der Waals surface area contributed by atoms with E-state index >= 15 is 0 Å². The van der Waals surface area contributed by atoms with E-state index in [1.807, 2.05) is 4.90 Å². The first-order valence-electron chi connectivity index (χ1n) is 7.27. The molecule has 1 saturated heterocycles. The second-order valence-electron chi connectivity index (χ2n) is 5.30. The SMILES string of the molecule is CCn1c(C)cc(CC(=O)N2CCCNCC2)c1C. The lowest BCUT2D eigenvalue weighted by Gasteiger charge is -2.20. The van der Waals surface area contributed by atoms with Crippen LogP contribution in [0.1, 0.15) is 30.3 Å². The molecule has 0 bridgehead atoms. The summed E-state index contributed by atoms with van der Waals surface area (Å²) < 4.78 is 2.27. The average molecular weight is 263 g/mol. The highest BCUT2D eigenvalue weighted by atomic mass is 16.2. The normalized spacial score (nSPS) is 16.5. The maximum Gasteiger partial charge on any atom is 0.227 e. The molecule has 0 unspecified atom stereocenters. The number of rotatable bonds is 3. The molecule has 4 heteroatoms. The number of nitrogens with one attached hydrogen (secondary N) is 1. The Kier molecular flexibility index (Phi) is 4.64. The molecule has 2 rings (SSSR count). The molecule has 0 aliphatic carbocycles. The molecule has 1 amide bonds. The summed E-state index contributed by atoms with van der Waals surface area (Å²) in [5.41, 5.74) is 3.67. The number of hydrogen-bond acceptors (Lipinski definition) is 2. The molecule has 0 aromatic carbocycles. The Morgan fingerprint density at radius 1 is 1.32 bits per heavy atom. The van der Waals surface area contributed by atoms with Crippen molar-refractivity contribution in [1.82, 2.24) is 14.8 Å². The van der Waals surface area contributed by atoms with E-state index < -0.39 is 0 Å². The molecule has 1 fully saturated rings. The van der Waals surface area contributed by atoms with Crippen molar-refractivity contribution in [3.05, 3.63) is 23.0 Å². The van der Waals surface area contributed by atoms with Crippen molar-refractivity contribution in [1.29, 1.82) is 0 Å². The van der Waals surface area contributed by atoms with Crippen molar-refractivity contribution >= 4 is 5.91 Å². The quantitative estimate of drug-likeness (QED) is 0.897. The van der Waals surface area contributed by atoms with Gasteiger partial charge in [0.15, 0.2) is 0 Å². The third kappa shape index (κ3) is 3.18. The zero-order chi connectivity index (χ0) is 13.8. The molecular weight excluding hydrogens is 238 g/mol. The van der Waals surface area contributed by atoms with Crippen molar-refractivity contribution in [2.75, 3.05) is 26.2 Å². The molecule has 0 spiro atoms. The lowest BCUT2D eigenvalue weighted by molar-refractivity contribution is -0.130. The molecule has 106 valence electrons. The van der Waals surface area contributed by atoms with Crippen molar-refractivity contribution in [3.63, 3.8) is 0 Å². The van der Waals surface area contributed by atoms with Gasteiger partial charge in [-0.2, -0.15) is 0 Å². The first-order valence-corrected chi connectivity index (χ1v) is 7.27. The summed E-state index contributed by atoms with van der Waals surface area (Å²) in [6.45, 7) is 11.0. The van der Waals surface area contributed by atoms with Crippen LogP contribution in [0.3, 0.4) is 0 Å². The average Bonchev–Trinajstić information content (AvgIpc) is 2.62. The van der Waals surface area contributed by atoms with Crippen molar-refractivity contribution in [2.24, 2.45) is 0 Å². The summed E-state index contributed by atoms with van der Waals surface area (Å²) in [5.74, 6) is 0.264. The second kappa shape index (κ2) is 6.24. The molecule has 1 N–H and O–H groups in total. The van der Waals surface area contributed by atoms with Crippen LogP contribution >= 0.6 is 0 Å². The van der Waals surface area contributed by atoms with Crippen molar-refractivity contribution < 1.29 is 4.79 Å². The standard InChI is InChI=1S/C15H25N3O/c1-4-18-12(2)10-14(13(18)3)11-15(19)17-8-5-6-16-7-9-17/h10,16H,4-9,11H2,1-3H3. The van der Waals surface area contributed by atoms with Crippen LogP contribution in [-0.4, -0.2) is 41.6 Å². The van der Waals surface area contributed by atoms with Crippen LogP contribution in [0.25, 0.3) is 0 Å². The van der Waals surface area contributed by atoms with Crippen LogP contribution < -0.4 is 5.32 Å². The third-order valence-corrected chi connectivity index (χ3v) is 4.03. The van der Waals surface area contributed by atoms with Gasteiger partial charge in [-0.15, -0.1) is 0 Å². The summed E-state index contributed by atoms with van der Waals surface area (Å²) in [6, 6.07) is 2.16. The molecule has 1 aromatic heterocycles. The third-order valence-electron chi connectivity index (χ3n) is 4.03. The Morgan fingerprint density at radius 2 is 2.11 bits per heavy atom. The van der Waals surface area contributed by atoms with Crippen LogP contribution in [0.4, 0.5) is 0 Å². The van der Waals surface area contributed by atoms with Crippen LogP contribution in [0.2, 0.25) is 0 Å². The van der Waals surface area contributed by atoms with Gasteiger partial charge in [-0.1, -0.05) is 0 Å². The fourth-order valence-electron chi connectivity index (χ4n) is 2.91. The number of amides is 1. The minimum atomic E-state index is 0.264. The zero-order valence-corrected chi connectivity index (χ0v) is 12.3. The molecule has 1 aliphatic heterocycles. The Hall–Kier alpha value is -1.29. The van der Waals surface area contributed by atoms with Gasteiger partial charge in [0, 0.05) is 37.6 Å². The molecule has 2 heterocycles. The predicted molar refractivity (Wildman–Crippen MR) is 77.4 cm³/mol. The van der Waals surface area contributed by atoms with Crippen molar-refractivity contribution in [3.8, 4) is 0 Å². The van der Waals surface area contributed by atoms with Gasteiger partial charge in [0.1, 0.15) is 0 Å². The number of aromatic nitrogens is 1. The van der Waals surface area contributed by atoms with Gasteiger partial charge < -0.3 is 14.8 Å². The Morgan fingerprint density at radius 3 is 2.79 bits per heavy atom. The number of carbonyl (C=O) groups excluding carboxylic acids is 1. The van der Waals surface area contributed by atoms with E-state index in [1.165, 1.54) is 17.0 Å². The highest BCUT2D eigenvalue weighted by Crippen LogP contribution is 2.16. The topological polar surface area (TPSA) is 37.3 Å². The van der Waals surface area contributed by atoms with Crippen LogP contribution in [-0.2, 0) is 17.8 Å². The highest BCUT2D eigenvalue weighted by molar-refractivity contribution is 5.79. The summed E-state index contributed by atoms with van der Waals surface area (Å²) >= 11 is 0. The number of nitrogens with zero attached hydrogens (tertiary/aromatic N) is 2. The summed E-state index contributed by atoms with van der Waals surface area (Å²) in [4.78, 5) is 14.4. The van der Waals surface area contributed by atoms with Crippen LogP contribution in [0, 0.1) is 13.8 Å². The minimum Gasteiger partial charge on any atom is -0.349 e. The maximum atomic E-state index is 12.4. The van der Waals surface area contributed by atoms with E-state index in [4.69, 9.17) is 0 Å². The van der Waals surface area contributed by atoms with Gasteiger partial charge in [0.05, 0.1) is 6.42 Å². The minimum absolute atomic E-state index is 0.264. The van der Waals surface area contributed by atoms with E-state index in [-0.39, 0.29) is 5.91 Å². The maximum absolute atomic E-state index is 12.4. The molecule has 0 saturated carbocycles. The van der Waals surface area contributed by atoms with Gasteiger partial charge in [-0.25, -0.2) is 0 Å². The van der Waals surface area contributed by atoms with Gasteiger partial charge >= 0.3 is 0 Å². The van der Waals surface area contributed by atoms with E-state index in [2.05, 4.69) is 36.7 Å². The molecule has 19 heavy (non-hydrogen) atoms. The van der Waals surface area contributed by atoms with E-state index in [1.54, 1.807) is 0 Å². The lowest BCUT2D eigenvalue weighted by Crippen LogP contribution is -2.35.